The van der Waals surface area contributed by atoms with Crippen LogP contribution in [0, 0.1) is 11.3 Å². The number of pyridine rings is 1. The molecule has 0 radical (unpaired) electrons. The number of benzene rings is 1. The summed E-state index contributed by atoms with van der Waals surface area (Å²) in [7, 11) is 0. The van der Waals surface area contributed by atoms with E-state index in [1.54, 1.807) is 31.3 Å². The Morgan fingerprint density at radius 3 is 2.56 bits per heavy atom. The summed E-state index contributed by atoms with van der Waals surface area (Å²) >= 11 is 12.7. The van der Waals surface area contributed by atoms with Crippen LogP contribution >= 0.6 is 23.2 Å². The van der Waals surface area contributed by atoms with E-state index >= 15 is 0 Å². The molecule has 160 valence electrons. The molecule has 1 aromatic carbocycles. The normalized spacial score (nSPS) is 10.8. The highest BCUT2D eigenvalue weighted by molar-refractivity contribution is 6.39. The Kier molecular flexibility index (Phi) is 5.52. The fourth-order valence-electron chi connectivity index (χ4n) is 3.28. The van der Waals surface area contributed by atoms with E-state index in [0.717, 1.165) is 0 Å². The predicted molar refractivity (Wildman–Crippen MR) is 123 cm³/mol. The number of fused-ring (bicyclic) bond motifs is 1. The summed E-state index contributed by atoms with van der Waals surface area (Å²) in [5.41, 5.74) is 11.8. The number of nitrogens with zero attached hydrogens (tertiary/aromatic N) is 7. The van der Waals surface area contributed by atoms with E-state index in [0.29, 0.717) is 5.69 Å². The second-order valence-electron chi connectivity index (χ2n) is 6.54. The van der Waals surface area contributed by atoms with E-state index < -0.39 is 5.56 Å². The van der Waals surface area contributed by atoms with Crippen LogP contribution < -0.4 is 21.9 Å². The lowest BCUT2D eigenvalue weighted by atomic mass is 10.2. The first-order valence-electron chi connectivity index (χ1n) is 9.29. The smallest absolute Gasteiger partial charge is 0.269 e. The van der Waals surface area contributed by atoms with Crippen LogP contribution in [0.3, 0.4) is 0 Å². The Morgan fingerprint density at radius 1 is 1.16 bits per heavy atom. The van der Waals surface area contributed by atoms with E-state index in [2.05, 4.69) is 19.9 Å². The van der Waals surface area contributed by atoms with E-state index in [9.17, 15) is 10.1 Å². The summed E-state index contributed by atoms with van der Waals surface area (Å²) in [4.78, 5) is 32.0. The van der Waals surface area contributed by atoms with E-state index in [1.165, 1.54) is 21.7 Å². The zero-order valence-corrected chi connectivity index (χ0v) is 18.1. The van der Waals surface area contributed by atoms with Gasteiger partial charge in [0, 0.05) is 12.7 Å². The number of halogens is 2. The van der Waals surface area contributed by atoms with E-state index in [1.807, 2.05) is 6.07 Å². The molecule has 0 spiro atoms. The van der Waals surface area contributed by atoms with Crippen molar-refractivity contribution in [2.75, 3.05) is 22.9 Å². The third-order valence-electron chi connectivity index (χ3n) is 4.67. The van der Waals surface area contributed by atoms with Gasteiger partial charge < -0.3 is 11.5 Å². The number of nitriles is 1. The van der Waals surface area contributed by atoms with Gasteiger partial charge in [0.1, 0.15) is 17.5 Å². The number of nitrogen functional groups attached to an aromatic ring is 2. The van der Waals surface area contributed by atoms with Gasteiger partial charge in [0.05, 0.1) is 32.8 Å². The molecule has 0 fully saturated rings. The van der Waals surface area contributed by atoms with Crippen molar-refractivity contribution in [2.24, 2.45) is 0 Å². The van der Waals surface area contributed by atoms with Crippen LogP contribution in [0.15, 0.2) is 41.5 Å². The molecular formula is C20H15Cl2N9O. The minimum Gasteiger partial charge on any atom is -0.382 e. The lowest BCUT2D eigenvalue weighted by Gasteiger charge is -2.26. The second-order valence-corrected chi connectivity index (χ2v) is 7.35. The zero-order valence-electron chi connectivity index (χ0n) is 16.6. The third kappa shape index (κ3) is 3.43. The molecule has 3 heterocycles. The molecular weight excluding hydrogens is 453 g/mol. The number of anilines is 4. The lowest BCUT2D eigenvalue weighted by molar-refractivity contribution is 0.856. The quantitative estimate of drug-likeness (QED) is 0.460. The molecule has 0 atom stereocenters. The molecule has 4 N–H and O–H groups in total. The van der Waals surface area contributed by atoms with Gasteiger partial charge in [0.25, 0.3) is 5.56 Å². The van der Waals surface area contributed by atoms with Gasteiger partial charge in [-0.2, -0.15) is 15.2 Å². The Hall–Kier alpha value is -3.94. The summed E-state index contributed by atoms with van der Waals surface area (Å²) in [5.74, 6) is -0.00381. The van der Waals surface area contributed by atoms with E-state index in [-0.39, 0.29) is 56.6 Å². The predicted octanol–water partition coefficient (Wildman–Crippen LogP) is 3.07. The molecule has 12 heteroatoms. The van der Waals surface area contributed by atoms with Gasteiger partial charge in [-0.25, -0.2) is 9.55 Å². The molecule has 0 aliphatic heterocycles. The Labute approximate surface area is 191 Å². The molecule has 32 heavy (non-hydrogen) atoms. The monoisotopic (exact) mass is 467 g/mol. The van der Waals surface area contributed by atoms with Crippen LogP contribution in [-0.2, 0) is 0 Å². The first-order valence-corrected chi connectivity index (χ1v) is 10.0. The largest absolute Gasteiger partial charge is 0.382 e. The molecule has 0 saturated carbocycles. The summed E-state index contributed by atoms with van der Waals surface area (Å²) in [5, 5.41) is 10.2. The van der Waals surface area contributed by atoms with Crippen molar-refractivity contribution < 1.29 is 0 Å². The van der Waals surface area contributed by atoms with Gasteiger partial charge in [-0.3, -0.25) is 14.7 Å². The minimum absolute atomic E-state index is 0.00896. The number of aromatic nitrogens is 5. The maximum absolute atomic E-state index is 13.6. The standard InChI is InChI=1S/C20H15Cl2N9O/c1-2-30(17-11(8-23)16(24)28-19(25)29-17)20-27-15-13(22)6-5-12(21)14(15)18(32)31(20)10-4-3-7-26-9-10/h3-7,9H,2H2,1H3,(H4,24,25,28,29). The lowest BCUT2D eigenvalue weighted by Crippen LogP contribution is -2.31. The van der Waals surface area contributed by atoms with Gasteiger partial charge in [-0.1, -0.05) is 23.2 Å². The van der Waals surface area contributed by atoms with Gasteiger partial charge in [0.15, 0.2) is 5.82 Å². The second kappa shape index (κ2) is 8.30. The van der Waals surface area contributed by atoms with Crippen molar-refractivity contribution in [2.45, 2.75) is 6.92 Å². The Morgan fingerprint density at radius 2 is 1.91 bits per heavy atom. The molecule has 0 aliphatic carbocycles. The highest BCUT2D eigenvalue weighted by Gasteiger charge is 2.25. The van der Waals surface area contributed by atoms with E-state index in [4.69, 9.17) is 34.7 Å². The topological polar surface area (TPSA) is 153 Å². The average Bonchev–Trinajstić information content (AvgIpc) is 2.77. The molecule has 0 unspecified atom stereocenters. The summed E-state index contributed by atoms with van der Waals surface area (Å²) in [6, 6.07) is 8.42. The van der Waals surface area contributed by atoms with Gasteiger partial charge in [-0.15, -0.1) is 0 Å². The SMILES string of the molecule is CCN(c1nc(N)nc(N)c1C#N)c1nc2c(Cl)ccc(Cl)c2c(=O)n1-c1cccnc1. The maximum atomic E-state index is 13.6. The van der Waals surface area contributed by atoms with Gasteiger partial charge in [0.2, 0.25) is 11.9 Å². The number of rotatable bonds is 4. The fourth-order valence-corrected chi connectivity index (χ4v) is 3.71. The third-order valence-corrected chi connectivity index (χ3v) is 5.29. The highest BCUT2D eigenvalue weighted by atomic mass is 35.5. The molecule has 3 aromatic heterocycles. The Balaban J connectivity index is 2.16. The van der Waals surface area contributed by atoms with Crippen molar-refractivity contribution in [3.05, 3.63) is 62.6 Å². The van der Waals surface area contributed by atoms with Crippen LogP contribution in [-0.4, -0.2) is 31.0 Å². The minimum atomic E-state index is -0.475. The van der Waals surface area contributed by atoms with Crippen LogP contribution in [0.25, 0.3) is 16.6 Å². The summed E-state index contributed by atoms with van der Waals surface area (Å²) in [6.45, 7) is 2.04. The molecule has 4 aromatic rings. The summed E-state index contributed by atoms with van der Waals surface area (Å²) in [6.07, 6.45) is 3.07. The average molecular weight is 468 g/mol. The van der Waals surface area contributed by atoms with Gasteiger partial charge >= 0.3 is 0 Å². The number of nitrogens with two attached hydrogens (primary N) is 2. The molecule has 10 nitrogen and oxygen atoms in total. The molecule has 0 aliphatic rings. The van der Waals surface area contributed by atoms with Crippen molar-refractivity contribution in [3.63, 3.8) is 0 Å². The molecule has 0 bridgehead atoms. The Bertz CT molecular complexity index is 1450. The first kappa shape index (κ1) is 21.3. The molecule has 4 rings (SSSR count). The number of hydrogen-bond donors (Lipinski definition) is 2. The van der Waals surface area contributed by atoms with Crippen molar-refractivity contribution in [3.8, 4) is 11.8 Å². The zero-order chi connectivity index (χ0) is 23.0. The van der Waals surface area contributed by atoms with Crippen molar-refractivity contribution in [1.29, 1.82) is 5.26 Å². The van der Waals surface area contributed by atoms with Crippen molar-refractivity contribution >= 4 is 57.6 Å². The van der Waals surface area contributed by atoms with Crippen molar-refractivity contribution in [1.82, 2.24) is 24.5 Å². The highest BCUT2D eigenvalue weighted by Crippen LogP contribution is 2.33. The first-order chi connectivity index (χ1) is 15.4. The van der Waals surface area contributed by atoms with Crippen LogP contribution in [0.4, 0.5) is 23.5 Å². The van der Waals surface area contributed by atoms with Gasteiger partial charge in [-0.05, 0) is 31.2 Å². The molecule has 0 amide bonds. The summed E-state index contributed by atoms with van der Waals surface area (Å²) < 4.78 is 1.32. The molecule has 0 saturated heterocycles. The van der Waals surface area contributed by atoms with Crippen LogP contribution in [0.2, 0.25) is 10.0 Å². The van der Waals surface area contributed by atoms with Crippen LogP contribution in [0.1, 0.15) is 12.5 Å². The number of hydrogen-bond acceptors (Lipinski definition) is 9. The van der Waals surface area contributed by atoms with Crippen LogP contribution in [0.5, 0.6) is 0 Å². The fraction of sp³-hybridized carbons (Fsp3) is 0.100. The maximum Gasteiger partial charge on any atom is 0.269 e.